The minimum Gasteiger partial charge on any atom is -0.328 e. The molecule has 8 heteroatoms. The molecule has 1 atom stereocenters. The van der Waals surface area contributed by atoms with Crippen LogP contribution in [0.15, 0.2) is 18.5 Å². The summed E-state index contributed by atoms with van der Waals surface area (Å²) in [5, 5.41) is 14.3. The maximum Gasteiger partial charge on any atom is 0.256 e. The van der Waals surface area contributed by atoms with E-state index in [4.69, 9.17) is 0 Å². The molecule has 0 saturated carbocycles. The predicted molar refractivity (Wildman–Crippen MR) is 109 cm³/mol. The molecule has 2 aliphatic heterocycles. The molecule has 152 valence electrons. The molecule has 0 bridgehead atoms. The normalized spacial score (nSPS) is 19.7. The first-order valence-electron chi connectivity index (χ1n) is 10.7. The highest BCUT2D eigenvalue weighted by atomic mass is 16.2. The van der Waals surface area contributed by atoms with E-state index < -0.39 is 0 Å². The summed E-state index contributed by atoms with van der Waals surface area (Å²) in [5.41, 5.74) is 1.43. The molecule has 1 amide bonds. The van der Waals surface area contributed by atoms with E-state index in [9.17, 15) is 4.79 Å². The number of aryl methyl sites for hydroxylation is 1. The van der Waals surface area contributed by atoms with Crippen LogP contribution < -0.4 is 0 Å². The molecule has 1 fully saturated rings. The van der Waals surface area contributed by atoms with Crippen molar-refractivity contribution in [3.63, 3.8) is 0 Å². The molecule has 29 heavy (non-hydrogen) atoms. The van der Waals surface area contributed by atoms with Gasteiger partial charge in [0.05, 0.1) is 17.8 Å². The van der Waals surface area contributed by atoms with Gasteiger partial charge in [0.2, 0.25) is 0 Å². The Balaban J connectivity index is 1.45. The maximum absolute atomic E-state index is 13.4. The molecule has 0 aromatic carbocycles. The molecule has 0 spiro atoms. The SMILES string of the molecule is CC(C)n1ncc2cc(C(=O)N3CCC[C@H]3c3nnc4n3CCCCC4)cnc21. The summed E-state index contributed by atoms with van der Waals surface area (Å²) in [6, 6.07) is 2.14. The van der Waals surface area contributed by atoms with Crippen molar-refractivity contribution in [2.24, 2.45) is 0 Å². The summed E-state index contributed by atoms with van der Waals surface area (Å²) in [5.74, 6) is 2.04. The van der Waals surface area contributed by atoms with Gasteiger partial charge in [-0.25, -0.2) is 9.67 Å². The first kappa shape index (κ1) is 18.3. The van der Waals surface area contributed by atoms with E-state index in [1.807, 2.05) is 15.6 Å². The standard InChI is InChI=1S/C21H27N7O/c1-14(2)28-19-15(13-23-28)11-16(12-22-19)21(29)26-10-6-7-17(26)20-25-24-18-8-4-3-5-9-27(18)20/h11-14,17H,3-10H2,1-2H3/t17-/m0/s1. The van der Waals surface area contributed by atoms with Crippen molar-refractivity contribution in [1.29, 1.82) is 0 Å². The summed E-state index contributed by atoms with van der Waals surface area (Å²) in [6.07, 6.45) is 9.93. The number of carbonyl (C=O) groups excluding carboxylic acids is 1. The lowest BCUT2D eigenvalue weighted by molar-refractivity contribution is 0.0727. The molecule has 0 radical (unpaired) electrons. The molecule has 5 rings (SSSR count). The molecule has 0 unspecified atom stereocenters. The molecule has 3 aromatic heterocycles. The van der Waals surface area contributed by atoms with Gasteiger partial charge >= 0.3 is 0 Å². The lowest BCUT2D eigenvalue weighted by Crippen LogP contribution is -2.32. The molecule has 1 saturated heterocycles. The zero-order chi connectivity index (χ0) is 20.0. The minimum atomic E-state index is -0.00376. The highest BCUT2D eigenvalue weighted by Crippen LogP contribution is 2.33. The van der Waals surface area contributed by atoms with E-state index in [0.717, 1.165) is 61.5 Å². The second-order valence-electron chi connectivity index (χ2n) is 8.41. The molecular weight excluding hydrogens is 366 g/mol. The fourth-order valence-corrected chi connectivity index (χ4v) is 4.63. The molecule has 5 heterocycles. The highest BCUT2D eigenvalue weighted by molar-refractivity contribution is 5.97. The number of carbonyl (C=O) groups is 1. The zero-order valence-electron chi connectivity index (χ0n) is 17.1. The Morgan fingerprint density at radius 2 is 2.00 bits per heavy atom. The number of pyridine rings is 1. The Morgan fingerprint density at radius 3 is 2.86 bits per heavy atom. The van der Waals surface area contributed by atoms with Crippen molar-refractivity contribution >= 4 is 16.9 Å². The predicted octanol–water partition coefficient (Wildman–Crippen LogP) is 3.31. The Morgan fingerprint density at radius 1 is 1.10 bits per heavy atom. The van der Waals surface area contributed by atoms with Crippen LogP contribution in [-0.4, -0.2) is 46.9 Å². The van der Waals surface area contributed by atoms with E-state index in [-0.39, 0.29) is 18.0 Å². The van der Waals surface area contributed by atoms with Gasteiger partial charge in [-0.05, 0) is 45.6 Å². The van der Waals surface area contributed by atoms with Crippen LogP contribution in [0.3, 0.4) is 0 Å². The van der Waals surface area contributed by atoms with Crippen molar-refractivity contribution in [3.05, 3.63) is 35.7 Å². The van der Waals surface area contributed by atoms with Crippen molar-refractivity contribution in [1.82, 2.24) is 34.4 Å². The number of fused-ring (bicyclic) bond motifs is 2. The summed E-state index contributed by atoms with van der Waals surface area (Å²) < 4.78 is 4.14. The van der Waals surface area contributed by atoms with Crippen LogP contribution in [0, 0.1) is 0 Å². The van der Waals surface area contributed by atoms with Crippen LogP contribution in [0.1, 0.15) is 80.0 Å². The third-order valence-electron chi connectivity index (χ3n) is 6.12. The number of amides is 1. The topological polar surface area (TPSA) is 81.7 Å². The summed E-state index contributed by atoms with van der Waals surface area (Å²) in [7, 11) is 0. The Hall–Kier alpha value is -2.77. The van der Waals surface area contributed by atoms with Crippen LogP contribution in [0.25, 0.3) is 11.0 Å². The van der Waals surface area contributed by atoms with Gasteiger partial charge in [-0.1, -0.05) is 6.42 Å². The van der Waals surface area contributed by atoms with E-state index in [1.54, 1.807) is 12.4 Å². The van der Waals surface area contributed by atoms with Crippen LogP contribution in [0.5, 0.6) is 0 Å². The number of aromatic nitrogens is 6. The van der Waals surface area contributed by atoms with Gasteiger partial charge in [0.15, 0.2) is 11.5 Å². The van der Waals surface area contributed by atoms with Gasteiger partial charge in [-0.3, -0.25) is 4.79 Å². The number of hydrogen-bond acceptors (Lipinski definition) is 5. The van der Waals surface area contributed by atoms with E-state index in [2.05, 4.69) is 38.7 Å². The van der Waals surface area contributed by atoms with Gasteiger partial charge in [0, 0.05) is 37.1 Å². The molecular formula is C21H27N7O. The second-order valence-corrected chi connectivity index (χ2v) is 8.41. The van der Waals surface area contributed by atoms with Gasteiger partial charge in [-0.2, -0.15) is 5.10 Å². The average Bonchev–Trinajstić information content (AvgIpc) is 3.41. The monoisotopic (exact) mass is 393 g/mol. The molecule has 2 aliphatic rings. The van der Waals surface area contributed by atoms with Crippen LogP contribution >= 0.6 is 0 Å². The van der Waals surface area contributed by atoms with E-state index in [0.29, 0.717) is 5.56 Å². The molecule has 0 aliphatic carbocycles. The number of rotatable bonds is 3. The van der Waals surface area contributed by atoms with E-state index >= 15 is 0 Å². The lowest BCUT2D eigenvalue weighted by Gasteiger charge is -2.24. The second kappa shape index (κ2) is 7.24. The fourth-order valence-electron chi connectivity index (χ4n) is 4.63. The van der Waals surface area contributed by atoms with Crippen LogP contribution in [0.2, 0.25) is 0 Å². The van der Waals surface area contributed by atoms with Gasteiger partial charge in [0.1, 0.15) is 5.82 Å². The lowest BCUT2D eigenvalue weighted by atomic mass is 10.1. The van der Waals surface area contributed by atoms with Crippen molar-refractivity contribution < 1.29 is 4.79 Å². The quantitative estimate of drug-likeness (QED) is 0.682. The zero-order valence-corrected chi connectivity index (χ0v) is 17.1. The van der Waals surface area contributed by atoms with Gasteiger partial charge in [0.25, 0.3) is 5.91 Å². The smallest absolute Gasteiger partial charge is 0.256 e. The van der Waals surface area contributed by atoms with Gasteiger partial charge < -0.3 is 9.47 Å². The molecule has 3 aromatic rings. The molecule has 0 N–H and O–H groups in total. The van der Waals surface area contributed by atoms with Crippen molar-refractivity contribution in [2.45, 2.75) is 71.0 Å². The summed E-state index contributed by atoms with van der Waals surface area (Å²) in [6.45, 7) is 5.85. The van der Waals surface area contributed by atoms with Crippen LogP contribution in [0.4, 0.5) is 0 Å². The molecule has 8 nitrogen and oxygen atoms in total. The summed E-state index contributed by atoms with van der Waals surface area (Å²) >= 11 is 0. The van der Waals surface area contributed by atoms with Gasteiger partial charge in [-0.15, -0.1) is 10.2 Å². The minimum absolute atomic E-state index is 0.00376. The number of nitrogens with zero attached hydrogens (tertiary/aromatic N) is 7. The Bertz CT molecular complexity index is 1050. The average molecular weight is 393 g/mol. The Kier molecular flexibility index (Phi) is 4.56. The first-order chi connectivity index (χ1) is 14.1. The number of likely N-dealkylation sites (tertiary alicyclic amines) is 1. The Labute approximate surface area is 169 Å². The first-order valence-corrected chi connectivity index (χ1v) is 10.7. The maximum atomic E-state index is 13.4. The number of hydrogen-bond donors (Lipinski definition) is 0. The third kappa shape index (κ3) is 3.10. The van der Waals surface area contributed by atoms with Crippen molar-refractivity contribution in [3.8, 4) is 0 Å². The van der Waals surface area contributed by atoms with E-state index in [1.165, 1.54) is 12.8 Å². The van der Waals surface area contributed by atoms with Crippen molar-refractivity contribution in [2.75, 3.05) is 6.54 Å². The fraction of sp³-hybridized carbons (Fsp3) is 0.571. The third-order valence-corrected chi connectivity index (χ3v) is 6.12. The van der Waals surface area contributed by atoms with Crippen LogP contribution in [-0.2, 0) is 13.0 Å². The highest BCUT2D eigenvalue weighted by Gasteiger charge is 2.35. The summed E-state index contributed by atoms with van der Waals surface area (Å²) in [4.78, 5) is 19.9. The largest absolute Gasteiger partial charge is 0.328 e.